The number of methoxy groups -OCH3 is 1. The quantitative estimate of drug-likeness (QED) is 0.756. The fourth-order valence-electron chi connectivity index (χ4n) is 1.74. The maximum absolute atomic E-state index is 11.7. The first-order valence-corrected chi connectivity index (χ1v) is 6.40. The zero-order chi connectivity index (χ0) is 15.1. The normalized spacial score (nSPS) is 13.2. The van der Waals surface area contributed by atoms with E-state index in [0.29, 0.717) is 0 Å². The molecule has 0 aliphatic heterocycles. The van der Waals surface area contributed by atoms with Gasteiger partial charge in [0.05, 0.1) is 13.2 Å². The molecule has 0 aromatic heterocycles. The van der Waals surface area contributed by atoms with Crippen molar-refractivity contribution in [2.45, 2.75) is 25.9 Å². The Morgan fingerprint density at radius 2 is 1.95 bits per heavy atom. The van der Waals surface area contributed by atoms with E-state index in [9.17, 15) is 9.59 Å². The predicted octanol–water partition coefficient (Wildman–Crippen LogP) is 1.19. The maximum Gasteiger partial charge on any atom is 0.321 e. The van der Waals surface area contributed by atoms with Crippen molar-refractivity contribution >= 4 is 11.9 Å². The van der Waals surface area contributed by atoms with Crippen LogP contribution in [0.2, 0.25) is 0 Å². The Balaban J connectivity index is 2.62. The number of carbonyl (C=O) groups is 2. The minimum absolute atomic E-state index is 0.0458. The molecule has 0 saturated heterocycles. The SMILES string of the molecule is CNC(=O)NC(=O)C(C)N[C@H](C)c1cccc(OC)c1. The van der Waals surface area contributed by atoms with Gasteiger partial charge in [-0.15, -0.1) is 0 Å². The third-order valence-corrected chi connectivity index (χ3v) is 2.95. The molecule has 3 amide bonds. The number of ether oxygens (including phenoxy) is 1. The minimum atomic E-state index is -0.516. The Bertz CT molecular complexity index is 476. The second-order valence-corrected chi connectivity index (χ2v) is 4.46. The van der Waals surface area contributed by atoms with E-state index < -0.39 is 12.1 Å². The number of benzene rings is 1. The van der Waals surface area contributed by atoms with Crippen LogP contribution in [0.5, 0.6) is 5.75 Å². The Morgan fingerprint density at radius 1 is 1.25 bits per heavy atom. The molecule has 1 rings (SSSR count). The van der Waals surface area contributed by atoms with Gasteiger partial charge in [-0.3, -0.25) is 15.4 Å². The van der Waals surface area contributed by atoms with Gasteiger partial charge in [0.2, 0.25) is 5.91 Å². The lowest BCUT2D eigenvalue weighted by molar-refractivity contribution is -0.121. The van der Waals surface area contributed by atoms with Crippen molar-refractivity contribution in [2.24, 2.45) is 0 Å². The maximum atomic E-state index is 11.7. The smallest absolute Gasteiger partial charge is 0.321 e. The van der Waals surface area contributed by atoms with E-state index >= 15 is 0 Å². The third-order valence-electron chi connectivity index (χ3n) is 2.95. The zero-order valence-electron chi connectivity index (χ0n) is 12.2. The summed E-state index contributed by atoms with van der Waals surface area (Å²) >= 11 is 0. The van der Waals surface area contributed by atoms with Crippen LogP contribution in [-0.2, 0) is 4.79 Å². The molecule has 0 spiro atoms. The first-order valence-electron chi connectivity index (χ1n) is 6.40. The van der Waals surface area contributed by atoms with Crippen LogP contribution in [-0.4, -0.2) is 32.1 Å². The highest BCUT2D eigenvalue weighted by Crippen LogP contribution is 2.19. The van der Waals surface area contributed by atoms with Gasteiger partial charge in [0.1, 0.15) is 5.75 Å². The van der Waals surface area contributed by atoms with Crippen molar-refractivity contribution in [3.63, 3.8) is 0 Å². The number of hydrogen-bond acceptors (Lipinski definition) is 4. The lowest BCUT2D eigenvalue weighted by atomic mass is 10.1. The van der Waals surface area contributed by atoms with Crippen LogP contribution in [0, 0.1) is 0 Å². The standard InChI is InChI=1S/C14H21N3O3/c1-9(11-6-5-7-12(8-11)20-4)16-10(2)13(18)17-14(19)15-3/h5-10,16H,1-4H3,(H2,15,17,18,19)/t9-,10?/m1/s1. The highest BCUT2D eigenvalue weighted by Gasteiger charge is 2.18. The molecular weight excluding hydrogens is 258 g/mol. The molecular formula is C14H21N3O3. The van der Waals surface area contributed by atoms with Gasteiger partial charge in [0.15, 0.2) is 0 Å². The molecule has 20 heavy (non-hydrogen) atoms. The van der Waals surface area contributed by atoms with E-state index in [2.05, 4.69) is 16.0 Å². The van der Waals surface area contributed by atoms with Crippen molar-refractivity contribution in [1.29, 1.82) is 0 Å². The average Bonchev–Trinajstić information content (AvgIpc) is 2.46. The molecule has 1 aromatic rings. The van der Waals surface area contributed by atoms with Crippen LogP contribution >= 0.6 is 0 Å². The summed E-state index contributed by atoms with van der Waals surface area (Å²) in [5, 5.41) is 7.70. The van der Waals surface area contributed by atoms with Crippen molar-refractivity contribution in [1.82, 2.24) is 16.0 Å². The fourth-order valence-corrected chi connectivity index (χ4v) is 1.74. The Morgan fingerprint density at radius 3 is 2.55 bits per heavy atom. The van der Waals surface area contributed by atoms with Gasteiger partial charge in [-0.05, 0) is 31.5 Å². The second-order valence-electron chi connectivity index (χ2n) is 4.46. The largest absolute Gasteiger partial charge is 0.497 e. The molecule has 0 saturated carbocycles. The molecule has 3 N–H and O–H groups in total. The minimum Gasteiger partial charge on any atom is -0.497 e. The van der Waals surface area contributed by atoms with E-state index in [4.69, 9.17) is 4.74 Å². The number of amides is 3. The first-order chi connectivity index (χ1) is 9.47. The average molecular weight is 279 g/mol. The first kappa shape index (κ1) is 16.0. The van der Waals surface area contributed by atoms with Gasteiger partial charge in [-0.25, -0.2) is 4.79 Å². The lowest BCUT2D eigenvalue weighted by Gasteiger charge is -2.20. The molecule has 0 radical (unpaired) electrons. The van der Waals surface area contributed by atoms with Crippen molar-refractivity contribution in [2.75, 3.05) is 14.2 Å². The third kappa shape index (κ3) is 4.55. The van der Waals surface area contributed by atoms with E-state index in [-0.39, 0.29) is 11.9 Å². The van der Waals surface area contributed by atoms with Crippen LogP contribution in [0.3, 0.4) is 0 Å². The zero-order valence-corrected chi connectivity index (χ0v) is 12.2. The summed E-state index contributed by atoms with van der Waals surface area (Å²) in [7, 11) is 3.07. The number of rotatable bonds is 5. The molecule has 6 nitrogen and oxygen atoms in total. The molecule has 0 bridgehead atoms. The lowest BCUT2D eigenvalue weighted by Crippen LogP contribution is -2.47. The molecule has 0 heterocycles. The van der Waals surface area contributed by atoms with E-state index in [1.165, 1.54) is 7.05 Å². The molecule has 2 atom stereocenters. The van der Waals surface area contributed by atoms with E-state index in [1.807, 2.05) is 31.2 Å². The van der Waals surface area contributed by atoms with Gasteiger partial charge in [0, 0.05) is 13.1 Å². The molecule has 110 valence electrons. The van der Waals surface area contributed by atoms with Crippen LogP contribution in [0.25, 0.3) is 0 Å². The number of nitrogens with one attached hydrogen (secondary N) is 3. The summed E-state index contributed by atoms with van der Waals surface area (Å²) in [6.07, 6.45) is 0. The van der Waals surface area contributed by atoms with E-state index in [0.717, 1.165) is 11.3 Å². The Labute approximate surface area is 118 Å². The summed E-state index contributed by atoms with van der Waals surface area (Å²) in [6, 6.07) is 6.55. The highest BCUT2D eigenvalue weighted by molar-refractivity contribution is 5.96. The molecule has 1 unspecified atom stereocenters. The van der Waals surface area contributed by atoms with Crippen molar-refractivity contribution in [3.8, 4) is 5.75 Å². The van der Waals surface area contributed by atoms with Crippen LogP contribution in [0.4, 0.5) is 4.79 Å². The number of hydrogen-bond donors (Lipinski definition) is 3. The summed E-state index contributed by atoms with van der Waals surface area (Å²) in [5.74, 6) is 0.387. The Hall–Kier alpha value is -2.08. The van der Waals surface area contributed by atoms with Gasteiger partial charge < -0.3 is 10.1 Å². The summed E-state index contributed by atoms with van der Waals surface area (Å²) in [4.78, 5) is 22.8. The Kier molecular flexibility index (Phi) is 5.99. The fraction of sp³-hybridized carbons (Fsp3) is 0.429. The van der Waals surface area contributed by atoms with Gasteiger partial charge in [-0.2, -0.15) is 0 Å². The van der Waals surface area contributed by atoms with Gasteiger partial charge in [0.25, 0.3) is 0 Å². The highest BCUT2D eigenvalue weighted by atomic mass is 16.5. The van der Waals surface area contributed by atoms with Crippen molar-refractivity contribution in [3.05, 3.63) is 29.8 Å². The molecule has 0 fully saturated rings. The monoisotopic (exact) mass is 279 g/mol. The van der Waals surface area contributed by atoms with Crippen molar-refractivity contribution < 1.29 is 14.3 Å². The summed E-state index contributed by atoms with van der Waals surface area (Å²) in [6.45, 7) is 3.65. The van der Waals surface area contributed by atoms with Crippen LogP contribution in [0.15, 0.2) is 24.3 Å². The number of urea groups is 1. The van der Waals surface area contributed by atoms with Gasteiger partial charge >= 0.3 is 6.03 Å². The second kappa shape index (κ2) is 7.49. The number of carbonyl (C=O) groups excluding carboxylic acids is 2. The molecule has 0 aliphatic rings. The summed E-state index contributed by atoms with van der Waals surface area (Å²) < 4.78 is 5.16. The van der Waals surface area contributed by atoms with E-state index in [1.54, 1.807) is 14.0 Å². The molecule has 6 heteroatoms. The predicted molar refractivity (Wildman–Crippen MR) is 76.6 cm³/mol. The summed E-state index contributed by atoms with van der Waals surface area (Å²) in [5.41, 5.74) is 1.00. The van der Waals surface area contributed by atoms with Crippen LogP contribution < -0.4 is 20.7 Å². The van der Waals surface area contributed by atoms with Crippen LogP contribution in [0.1, 0.15) is 25.5 Å². The molecule has 1 aromatic carbocycles. The topological polar surface area (TPSA) is 79.5 Å². The molecule has 0 aliphatic carbocycles. The van der Waals surface area contributed by atoms with Gasteiger partial charge in [-0.1, -0.05) is 12.1 Å². The number of imide groups is 1.